The van der Waals surface area contributed by atoms with Crippen molar-refractivity contribution in [2.75, 3.05) is 19.6 Å². The SMILES string of the molecule is CC(C)NC(=O)CCN1CCC(C)(C(=O)O)CC1. The molecule has 0 atom stereocenters. The van der Waals surface area contributed by atoms with Crippen molar-refractivity contribution in [3.63, 3.8) is 0 Å². The van der Waals surface area contributed by atoms with Gasteiger partial charge in [-0.05, 0) is 46.7 Å². The number of nitrogens with one attached hydrogen (secondary N) is 1. The summed E-state index contributed by atoms with van der Waals surface area (Å²) in [5.41, 5.74) is -0.587. The maximum Gasteiger partial charge on any atom is 0.309 e. The quantitative estimate of drug-likeness (QED) is 0.772. The van der Waals surface area contributed by atoms with Crippen LogP contribution < -0.4 is 5.32 Å². The lowest BCUT2D eigenvalue weighted by atomic mass is 9.80. The number of carboxylic acid groups (broad SMARTS) is 1. The van der Waals surface area contributed by atoms with Crippen molar-refractivity contribution >= 4 is 11.9 Å². The number of amides is 1. The minimum Gasteiger partial charge on any atom is -0.481 e. The summed E-state index contributed by atoms with van der Waals surface area (Å²) in [5.74, 6) is -0.642. The molecular weight excluding hydrogens is 232 g/mol. The van der Waals surface area contributed by atoms with E-state index in [-0.39, 0.29) is 11.9 Å². The Morgan fingerprint density at radius 3 is 2.33 bits per heavy atom. The largest absolute Gasteiger partial charge is 0.481 e. The number of likely N-dealkylation sites (tertiary alicyclic amines) is 1. The zero-order valence-corrected chi connectivity index (χ0v) is 11.5. The molecule has 5 heteroatoms. The van der Waals surface area contributed by atoms with Gasteiger partial charge in [-0.1, -0.05) is 0 Å². The van der Waals surface area contributed by atoms with E-state index in [4.69, 9.17) is 5.11 Å². The minimum atomic E-state index is -0.709. The first-order chi connectivity index (χ1) is 8.33. The third-order valence-electron chi connectivity index (χ3n) is 3.58. The molecule has 5 nitrogen and oxygen atoms in total. The summed E-state index contributed by atoms with van der Waals surface area (Å²) in [6, 6.07) is 0.175. The second-order valence-corrected chi connectivity index (χ2v) is 5.68. The van der Waals surface area contributed by atoms with E-state index < -0.39 is 11.4 Å². The first kappa shape index (κ1) is 15.0. The highest BCUT2D eigenvalue weighted by Crippen LogP contribution is 2.30. The lowest BCUT2D eigenvalue weighted by molar-refractivity contribution is -0.150. The normalized spacial score (nSPS) is 19.8. The van der Waals surface area contributed by atoms with Gasteiger partial charge in [-0.15, -0.1) is 0 Å². The van der Waals surface area contributed by atoms with Crippen LogP contribution in [0.3, 0.4) is 0 Å². The van der Waals surface area contributed by atoms with Crippen LogP contribution in [0.1, 0.15) is 40.0 Å². The third-order valence-corrected chi connectivity index (χ3v) is 3.58. The van der Waals surface area contributed by atoms with E-state index in [0.717, 1.165) is 13.1 Å². The summed E-state index contributed by atoms with van der Waals surface area (Å²) in [4.78, 5) is 24.8. The molecule has 0 aromatic rings. The molecule has 0 bridgehead atoms. The van der Waals surface area contributed by atoms with E-state index in [0.29, 0.717) is 25.8 Å². The van der Waals surface area contributed by atoms with Crippen LogP contribution in [0.15, 0.2) is 0 Å². The Hall–Kier alpha value is -1.10. The molecule has 1 aliphatic rings. The molecule has 1 fully saturated rings. The second kappa shape index (κ2) is 6.18. The van der Waals surface area contributed by atoms with Crippen LogP contribution in [0, 0.1) is 5.41 Å². The monoisotopic (exact) mass is 256 g/mol. The Morgan fingerprint density at radius 2 is 1.89 bits per heavy atom. The summed E-state index contributed by atoms with van der Waals surface area (Å²) >= 11 is 0. The highest BCUT2D eigenvalue weighted by molar-refractivity contribution is 5.76. The fourth-order valence-electron chi connectivity index (χ4n) is 2.14. The predicted octanol–water partition coefficient (Wildman–Crippen LogP) is 1.09. The number of aliphatic carboxylic acids is 1. The molecule has 0 spiro atoms. The first-order valence-electron chi connectivity index (χ1n) is 6.58. The Labute approximate surface area is 109 Å². The van der Waals surface area contributed by atoms with Crippen molar-refractivity contribution in [1.82, 2.24) is 10.2 Å². The molecule has 2 N–H and O–H groups in total. The van der Waals surface area contributed by atoms with Crippen molar-refractivity contribution in [3.05, 3.63) is 0 Å². The van der Waals surface area contributed by atoms with Crippen molar-refractivity contribution in [2.45, 2.75) is 46.1 Å². The third kappa shape index (κ3) is 4.29. The number of hydrogen-bond donors (Lipinski definition) is 2. The van der Waals surface area contributed by atoms with Gasteiger partial charge in [0, 0.05) is 19.0 Å². The highest BCUT2D eigenvalue weighted by atomic mass is 16.4. The molecule has 1 amide bonds. The van der Waals surface area contributed by atoms with E-state index >= 15 is 0 Å². The minimum absolute atomic E-state index is 0.0663. The highest BCUT2D eigenvalue weighted by Gasteiger charge is 2.36. The molecule has 0 aromatic carbocycles. The summed E-state index contributed by atoms with van der Waals surface area (Å²) in [7, 11) is 0. The van der Waals surface area contributed by atoms with E-state index in [1.807, 2.05) is 13.8 Å². The van der Waals surface area contributed by atoms with E-state index in [9.17, 15) is 9.59 Å². The Morgan fingerprint density at radius 1 is 1.33 bits per heavy atom. The van der Waals surface area contributed by atoms with Crippen LogP contribution >= 0.6 is 0 Å². The van der Waals surface area contributed by atoms with Crippen molar-refractivity contribution in [3.8, 4) is 0 Å². The van der Waals surface area contributed by atoms with Crippen LogP contribution in [0.2, 0.25) is 0 Å². The summed E-state index contributed by atoms with van der Waals surface area (Å²) in [6.07, 6.45) is 1.81. The first-order valence-corrected chi connectivity index (χ1v) is 6.58. The van der Waals surface area contributed by atoms with Crippen LogP contribution in [-0.4, -0.2) is 47.6 Å². The Kier molecular flexibility index (Phi) is 5.14. The molecule has 0 radical (unpaired) electrons. The van der Waals surface area contributed by atoms with Crippen molar-refractivity contribution in [2.24, 2.45) is 5.41 Å². The van der Waals surface area contributed by atoms with Gasteiger partial charge in [0.15, 0.2) is 0 Å². The fraction of sp³-hybridized carbons (Fsp3) is 0.846. The average Bonchev–Trinajstić information content (AvgIpc) is 2.27. The number of nitrogens with zero attached hydrogens (tertiary/aromatic N) is 1. The van der Waals surface area contributed by atoms with Gasteiger partial charge in [0.05, 0.1) is 5.41 Å². The number of carbonyl (C=O) groups excluding carboxylic acids is 1. The van der Waals surface area contributed by atoms with E-state index in [2.05, 4.69) is 10.2 Å². The van der Waals surface area contributed by atoms with Gasteiger partial charge < -0.3 is 15.3 Å². The molecule has 18 heavy (non-hydrogen) atoms. The van der Waals surface area contributed by atoms with Gasteiger partial charge in [0.2, 0.25) is 5.91 Å². The summed E-state index contributed by atoms with van der Waals surface area (Å²) in [5, 5.41) is 12.0. The second-order valence-electron chi connectivity index (χ2n) is 5.68. The number of piperidine rings is 1. The molecule has 0 aromatic heterocycles. The maximum atomic E-state index is 11.5. The number of rotatable bonds is 5. The van der Waals surface area contributed by atoms with Gasteiger partial charge >= 0.3 is 5.97 Å². The maximum absolute atomic E-state index is 11.5. The molecule has 1 saturated heterocycles. The van der Waals surface area contributed by atoms with Gasteiger partial charge in [0.25, 0.3) is 0 Å². The summed E-state index contributed by atoms with van der Waals surface area (Å²) < 4.78 is 0. The van der Waals surface area contributed by atoms with E-state index in [1.165, 1.54) is 0 Å². The zero-order chi connectivity index (χ0) is 13.8. The zero-order valence-electron chi connectivity index (χ0n) is 11.5. The molecule has 1 heterocycles. The number of carbonyl (C=O) groups is 2. The van der Waals surface area contributed by atoms with Crippen LogP contribution in [0.5, 0.6) is 0 Å². The van der Waals surface area contributed by atoms with E-state index in [1.54, 1.807) is 6.92 Å². The lowest BCUT2D eigenvalue weighted by Gasteiger charge is -2.36. The van der Waals surface area contributed by atoms with Gasteiger partial charge in [0.1, 0.15) is 0 Å². The molecule has 104 valence electrons. The van der Waals surface area contributed by atoms with Gasteiger partial charge in [-0.2, -0.15) is 0 Å². The molecule has 1 aliphatic heterocycles. The Balaban J connectivity index is 2.28. The lowest BCUT2D eigenvalue weighted by Crippen LogP contribution is -2.44. The van der Waals surface area contributed by atoms with Crippen molar-refractivity contribution < 1.29 is 14.7 Å². The number of hydrogen-bond acceptors (Lipinski definition) is 3. The van der Waals surface area contributed by atoms with Gasteiger partial charge in [-0.25, -0.2) is 0 Å². The molecule has 0 unspecified atom stereocenters. The number of carboxylic acids is 1. The van der Waals surface area contributed by atoms with Crippen LogP contribution in [0.25, 0.3) is 0 Å². The average molecular weight is 256 g/mol. The van der Waals surface area contributed by atoms with Crippen LogP contribution in [-0.2, 0) is 9.59 Å². The fourth-order valence-corrected chi connectivity index (χ4v) is 2.14. The molecule has 0 aliphatic carbocycles. The standard InChI is InChI=1S/C13H24N2O3/c1-10(2)14-11(16)4-7-15-8-5-13(3,6-9-15)12(17)18/h10H,4-9H2,1-3H3,(H,14,16)(H,17,18). The van der Waals surface area contributed by atoms with Crippen LogP contribution in [0.4, 0.5) is 0 Å². The van der Waals surface area contributed by atoms with Crippen molar-refractivity contribution in [1.29, 1.82) is 0 Å². The molecule has 0 saturated carbocycles. The summed E-state index contributed by atoms with van der Waals surface area (Å²) in [6.45, 7) is 7.93. The topological polar surface area (TPSA) is 69.6 Å². The Bertz CT molecular complexity index is 307. The predicted molar refractivity (Wildman–Crippen MR) is 69.3 cm³/mol. The van der Waals surface area contributed by atoms with Gasteiger partial charge in [-0.3, -0.25) is 9.59 Å². The smallest absolute Gasteiger partial charge is 0.309 e. The molecule has 1 rings (SSSR count). The molecular formula is C13H24N2O3.